The third kappa shape index (κ3) is 3.18. The molecule has 0 aromatic carbocycles. The molecule has 0 saturated heterocycles. The van der Waals surface area contributed by atoms with Gasteiger partial charge in [0.05, 0.1) is 0 Å². The Bertz CT molecular complexity index is 230. The van der Waals surface area contributed by atoms with Gasteiger partial charge in [-0.05, 0) is 18.9 Å². The summed E-state index contributed by atoms with van der Waals surface area (Å²) in [4.78, 5) is 21.1. The van der Waals surface area contributed by atoms with Crippen LogP contribution in [0.3, 0.4) is 0 Å². The Morgan fingerprint density at radius 3 is 2.08 bits per heavy atom. The molecule has 2 N–H and O–H groups in total. The number of carbonyl (C=O) groups excluding carboxylic acids is 1. The molecule has 12 heavy (non-hydrogen) atoms. The van der Waals surface area contributed by atoms with Gasteiger partial charge in [0.25, 0.3) is 0 Å². The second kappa shape index (κ2) is 4.54. The van der Waals surface area contributed by atoms with Crippen LogP contribution in [0.4, 0.5) is 0 Å². The number of carbonyl (C=O) groups is 2. The molecule has 0 fully saturated rings. The number of carboxylic acid groups (broad SMARTS) is 1. The van der Waals surface area contributed by atoms with E-state index in [9.17, 15) is 9.59 Å². The average Bonchev–Trinajstić information content (AvgIpc) is 1.98. The zero-order valence-electron chi connectivity index (χ0n) is 7.47. The van der Waals surface area contributed by atoms with Crippen LogP contribution in [0, 0.1) is 0 Å². The van der Waals surface area contributed by atoms with Crippen LogP contribution in [0.5, 0.6) is 0 Å². The lowest BCUT2D eigenvalue weighted by Crippen LogP contribution is -2.26. The van der Waals surface area contributed by atoms with E-state index >= 15 is 0 Å². The van der Waals surface area contributed by atoms with E-state index < -0.39 is 5.97 Å². The fraction of sp³-hybridized carbons (Fsp3) is 0.500. The summed E-state index contributed by atoms with van der Waals surface area (Å²) < 4.78 is 0. The summed E-state index contributed by atoms with van der Waals surface area (Å²) in [7, 11) is 0. The number of amides is 1. The second-order valence-corrected chi connectivity index (χ2v) is 2.50. The fourth-order valence-corrected chi connectivity index (χ4v) is 0.696. The molecule has 1 amide bonds. The Labute approximate surface area is 71.3 Å². The van der Waals surface area contributed by atoms with E-state index in [2.05, 4.69) is 5.32 Å². The summed E-state index contributed by atoms with van der Waals surface area (Å²) in [5, 5.41) is 10.9. The van der Waals surface area contributed by atoms with Crippen LogP contribution < -0.4 is 5.32 Å². The van der Waals surface area contributed by atoms with Gasteiger partial charge in [0.1, 0.15) is 5.70 Å². The number of aliphatic carboxylic acids is 1. The molecule has 0 aliphatic rings. The molecule has 0 aliphatic carbocycles. The summed E-state index contributed by atoms with van der Waals surface area (Å²) in [6.07, 6.45) is 0.613. The molecule has 68 valence electrons. The van der Waals surface area contributed by atoms with E-state index in [1.807, 2.05) is 6.92 Å². The molecule has 4 heteroatoms. The maximum Gasteiger partial charge on any atom is 0.352 e. The van der Waals surface area contributed by atoms with Crippen molar-refractivity contribution in [1.82, 2.24) is 5.32 Å². The molecule has 0 aliphatic heterocycles. The minimum Gasteiger partial charge on any atom is -0.477 e. The van der Waals surface area contributed by atoms with E-state index in [1.54, 1.807) is 6.92 Å². The zero-order chi connectivity index (χ0) is 9.72. The Balaban J connectivity index is 4.66. The summed E-state index contributed by atoms with van der Waals surface area (Å²) in [6, 6.07) is 0. The molecular weight excluding hydrogens is 158 g/mol. The monoisotopic (exact) mass is 171 g/mol. The first-order chi connectivity index (χ1) is 5.49. The van der Waals surface area contributed by atoms with Crippen molar-refractivity contribution >= 4 is 11.9 Å². The van der Waals surface area contributed by atoms with Crippen LogP contribution >= 0.6 is 0 Å². The molecule has 0 heterocycles. The second-order valence-electron chi connectivity index (χ2n) is 2.50. The van der Waals surface area contributed by atoms with E-state index in [0.717, 1.165) is 0 Å². The van der Waals surface area contributed by atoms with Gasteiger partial charge in [-0.25, -0.2) is 4.79 Å². The number of hydrogen-bond donors (Lipinski definition) is 2. The highest BCUT2D eigenvalue weighted by Crippen LogP contribution is 2.04. The van der Waals surface area contributed by atoms with E-state index in [4.69, 9.17) is 5.11 Å². The van der Waals surface area contributed by atoms with Crippen molar-refractivity contribution in [3.8, 4) is 0 Å². The zero-order valence-corrected chi connectivity index (χ0v) is 7.47. The van der Waals surface area contributed by atoms with Crippen LogP contribution in [0.15, 0.2) is 11.3 Å². The minimum atomic E-state index is -1.09. The normalized spacial score (nSPS) is 11.9. The Morgan fingerprint density at radius 1 is 1.33 bits per heavy atom. The highest BCUT2D eigenvalue weighted by atomic mass is 16.4. The van der Waals surface area contributed by atoms with Crippen molar-refractivity contribution in [2.75, 3.05) is 0 Å². The molecule has 0 saturated carbocycles. The quantitative estimate of drug-likeness (QED) is 0.620. The summed E-state index contributed by atoms with van der Waals surface area (Å²) in [6.45, 7) is 4.80. The fourth-order valence-electron chi connectivity index (χ4n) is 0.696. The number of carboxylic acids is 1. The molecule has 0 aromatic rings. The van der Waals surface area contributed by atoms with Gasteiger partial charge in [-0.1, -0.05) is 6.92 Å². The van der Waals surface area contributed by atoms with Crippen molar-refractivity contribution < 1.29 is 14.7 Å². The first-order valence-corrected chi connectivity index (χ1v) is 3.69. The number of nitrogens with one attached hydrogen (secondary N) is 1. The van der Waals surface area contributed by atoms with Gasteiger partial charge < -0.3 is 10.4 Å². The summed E-state index contributed by atoms with van der Waals surface area (Å²) in [5.74, 6) is -1.45. The summed E-state index contributed by atoms with van der Waals surface area (Å²) >= 11 is 0. The highest BCUT2D eigenvalue weighted by molar-refractivity contribution is 5.92. The lowest BCUT2D eigenvalue weighted by atomic mass is 10.2. The van der Waals surface area contributed by atoms with Crippen LogP contribution in [0.25, 0.3) is 0 Å². The van der Waals surface area contributed by atoms with Crippen LogP contribution in [0.2, 0.25) is 0 Å². The van der Waals surface area contributed by atoms with Crippen molar-refractivity contribution in [2.45, 2.75) is 27.2 Å². The molecule has 0 spiro atoms. The van der Waals surface area contributed by atoms with E-state index in [-0.39, 0.29) is 11.6 Å². The third-order valence-corrected chi connectivity index (χ3v) is 1.47. The van der Waals surface area contributed by atoms with Gasteiger partial charge in [0.2, 0.25) is 5.91 Å². The lowest BCUT2D eigenvalue weighted by molar-refractivity contribution is -0.134. The Hall–Kier alpha value is -1.32. The molecule has 0 aromatic heterocycles. The molecule has 0 rings (SSSR count). The highest BCUT2D eigenvalue weighted by Gasteiger charge is 2.10. The molecule has 0 atom stereocenters. The number of rotatable bonds is 3. The molecular formula is C8H13NO3. The lowest BCUT2D eigenvalue weighted by Gasteiger charge is -2.05. The van der Waals surface area contributed by atoms with Crippen LogP contribution in [-0.4, -0.2) is 17.0 Å². The Morgan fingerprint density at radius 2 is 1.83 bits per heavy atom. The summed E-state index contributed by atoms with van der Waals surface area (Å²) in [5.41, 5.74) is 0.655. The number of allylic oxidation sites excluding steroid dienone is 1. The minimum absolute atomic E-state index is 0.00926. The maximum absolute atomic E-state index is 10.6. The van der Waals surface area contributed by atoms with Crippen molar-refractivity contribution in [1.29, 1.82) is 0 Å². The first-order valence-electron chi connectivity index (χ1n) is 3.69. The van der Waals surface area contributed by atoms with Crippen LogP contribution in [0.1, 0.15) is 27.2 Å². The third-order valence-electron chi connectivity index (χ3n) is 1.47. The van der Waals surface area contributed by atoms with E-state index in [0.29, 0.717) is 12.0 Å². The average molecular weight is 171 g/mol. The Kier molecular flexibility index (Phi) is 4.04. The van der Waals surface area contributed by atoms with Crippen molar-refractivity contribution in [3.05, 3.63) is 11.3 Å². The van der Waals surface area contributed by atoms with Gasteiger partial charge in [0, 0.05) is 6.92 Å². The predicted molar refractivity (Wildman–Crippen MR) is 44.4 cm³/mol. The van der Waals surface area contributed by atoms with Gasteiger partial charge >= 0.3 is 5.97 Å². The smallest absolute Gasteiger partial charge is 0.352 e. The van der Waals surface area contributed by atoms with Crippen molar-refractivity contribution in [3.63, 3.8) is 0 Å². The molecule has 0 unspecified atom stereocenters. The first kappa shape index (κ1) is 10.7. The SMILES string of the molecule is CCC(C)=C(NC(C)=O)C(=O)O. The maximum atomic E-state index is 10.6. The van der Waals surface area contributed by atoms with Crippen molar-refractivity contribution in [2.24, 2.45) is 0 Å². The van der Waals surface area contributed by atoms with Gasteiger partial charge in [0.15, 0.2) is 0 Å². The molecule has 4 nitrogen and oxygen atoms in total. The molecule has 0 bridgehead atoms. The topological polar surface area (TPSA) is 66.4 Å². The predicted octanol–water partition coefficient (Wildman–Crippen LogP) is 0.891. The largest absolute Gasteiger partial charge is 0.477 e. The van der Waals surface area contributed by atoms with Gasteiger partial charge in [-0.3, -0.25) is 4.79 Å². The molecule has 0 radical (unpaired) electrons. The standard InChI is InChI=1S/C8H13NO3/c1-4-5(2)7(8(11)12)9-6(3)10/h4H2,1-3H3,(H,9,10)(H,11,12). The van der Waals surface area contributed by atoms with E-state index in [1.165, 1.54) is 6.92 Å². The number of hydrogen-bond acceptors (Lipinski definition) is 2. The van der Waals surface area contributed by atoms with Crippen LogP contribution in [-0.2, 0) is 9.59 Å². The van der Waals surface area contributed by atoms with Gasteiger partial charge in [-0.2, -0.15) is 0 Å². The van der Waals surface area contributed by atoms with Gasteiger partial charge in [-0.15, -0.1) is 0 Å².